The Morgan fingerprint density at radius 1 is 1.28 bits per heavy atom. The third kappa shape index (κ3) is 6.45. The molecule has 0 aliphatic heterocycles. The van der Waals surface area contributed by atoms with Gasteiger partial charge in [-0.3, -0.25) is 0 Å². The largest absolute Gasteiger partial charge is 0.463 e. The van der Waals surface area contributed by atoms with Gasteiger partial charge in [0, 0.05) is 12.1 Å². The van der Waals surface area contributed by atoms with Crippen molar-refractivity contribution in [2.24, 2.45) is 0 Å². The van der Waals surface area contributed by atoms with Crippen LogP contribution in [0.3, 0.4) is 0 Å². The normalized spacial score (nSPS) is 12.5. The summed E-state index contributed by atoms with van der Waals surface area (Å²) in [5.41, 5.74) is 0.519. The molecule has 0 aromatic carbocycles. The molecular weight excluding hydrogens is 246 g/mol. The first kappa shape index (κ1) is 17.5. The Balaban J connectivity index is 4.38. The Hall–Kier alpha value is -0.480. The number of esters is 1. The number of hydrogen-bond donors (Lipinski definition) is 1. The van der Waals surface area contributed by atoms with Crippen molar-refractivity contribution in [1.82, 2.24) is 4.31 Å². The lowest BCUT2D eigenvalue weighted by Crippen LogP contribution is -2.32. The molecule has 4 heteroatoms. The summed E-state index contributed by atoms with van der Waals surface area (Å²) in [4.78, 5) is 11.7. The molecular formula is C14H27NO2S. The van der Waals surface area contributed by atoms with Gasteiger partial charge in [-0.05, 0) is 13.3 Å². The highest BCUT2D eigenvalue weighted by molar-refractivity contribution is 7.77. The fourth-order valence-corrected chi connectivity index (χ4v) is 2.10. The standard InChI is InChI=1S/C14H27NO2S/c1-5-8-9-10-11-13(15(18)6-2)12(4)14(16)17-7-3/h13,18H,4-11H2,1-3H3. The number of ether oxygens (including phenoxy) is 1. The monoisotopic (exact) mass is 273 g/mol. The van der Waals surface area contributed by atoms with Crippen LogP contribution in [-0.4, -0.2) is 29.5 Å². The van der Waals surface area contributed by atoms with Gasteiger partial charge in [-0.15, -0.1) is 0 Å². The molecule has 0 amide bonds. The molecule has 3 nitrogen and oxygen atoms in total. The van der Waals surface area contributed by atoms with E-state index in [1.54, 1.807) is 6.92 Å². The Morgan fingerprint density at radius 2 is 1.94 bits per heavy atom. The molecule has 106 valence electrons. The summed E-state index contributed by atoms with van der Waals surface area (Å²) in [6.45, 7) is 11.1. The number of nitrogens with zero attached hydrogens (tertiary/aromatic N) is 1. The van der Waals surface area contributed by atoms with Crippen LogP contribution in [0.15, 0.2) is 12.2 Å². The summed E-state index contributed by atoms with van der Waals surface area (Å²) in [7, 11) is 0. The molecule has 0 aliphatic carbocycles. The third-order valence-electron chi connectivity index (χ3n) is 2.95. The van der Waals surface area contributed by atoms with Crippen molar-refractivity contribution < 1.29 is 9.53 Å². The minimum Gasteiger partial charge on any atom is -0.463 e. The van der Waals surface area contributed by atoms with E-state index in [0.29, 0.717) is 12.2 Å². The van der Waals surface area contributed by atoms with Crippen molar-refractivity contribution in [2.75, 3.05) is 13.2 Å². The summed E-state index contributed by atoms with van der Waals surface area (Å²) >= 11 is 4.42. The zero-order valence-corrected chi connectivity index (χ0v) is 12.8. The molecule has 0 aromatic heterocycles. The van der Waals surface area contributed by atoms with E-state index in [0.717, 1.165) is 19.4 Å². The van der Waals surface area contributed by atoms with Crippen LogP contribution >= 0.6 is 12.8 Å². The van der Waals surface area contributed by atoms with Crippen LogP contribution in [0.1, 0.15) is 52.9 Å². The van der Waals surface area contributed by atoms with Crippen molar-refractivity contribution >= 4 is 18.8 Å². The Morgan fingerprint density at radius 3 is 2.44 bits per heavy atom. The average molecular weight is 273 g/mol. The molecule has 0 heterocycles. The highest BCUT2D eigenvalue weighted by atomic mass is 32.1. The molecule has 0 saturated carbocycles. The smallest absolute Gasteiger partial charge is 0.335 e. The SMILES string of the molecule is C=C(C(=O)OCC)C(CCCCCC)N(S)CC. The Bertz CT molecular complexity index is 256. The molecule has 0 radical (unpaired) electrons. The average Bonchev–Trinajstić information content (AvgIpc) is 2.37. The lowest BCUT2D eigenvalue weighted by molar-refractivity contribution is -0.139. The summed E-state index contributed by atoms with van der Waals surface area (Å²) < 4.78 is 6.87. The van der Waals surface area contributed by atoms with Crippen LogP contribution in [0.5, 0.6) is 0 Å². The van der Waals surface area contributed by atoms with E-state index < -0.39 is 0 Å². The number of carbonyl (C=O) groups excluding carboxylic acids is 1. The predicted octanol–water partition coefficient (Wildman–Crippen LogP) is 3.61. The molecule has 0 bridgehead atoms. The topological polar surface area (TPSA) is 29.5 Å². The number of thiol groups is 1. The van der Waals surface area contributed by atoms with Gasteiger partial charge in [0.1, 0.15) is 0 Å². The van der Waals surface area contributed by atoms with Crippen LogP contribution in [0.2, 0.25) is 0 Å². The van der Waals surface area contributed by atoms with E-state index in [4.69, 9.17) is 4.74 Å². The molecule has 0 spiro atoms. The maximum atomic E-state index is 11.7. The molecule has 0 rings (SSSR count). The minimum atomic E-state index is -0.300. The first-order valence-electron chi connectivity index (χ1n) is 6.89. The number of carbonyl (C=O) groups is 1. The van der Waals surface area contributed by atoms with E-state index >= 15 is 0 Å². The quantitative estimate of drug-likeness (QED) is 0.285. The molecule has 18 heavy (non-hydrogen) atoms. The van der Waals surface area contributed by atoms with Gasteiger partial charge in [-0.1, -0.05) is 58.9 Å². The van der Waals surface area contributed by atoms with E-state index in [2.05, 4.69) is 26.3 Å². The summed E-state index contributed by atoms with van der Waals surface area (Å²) in [6.07, 6.45) is 5.64. The van der Waals surface area contributed by atoms with Crippen LogP contribution in [0.25, 0.3) is 0 Å². The van der Waals surface area contributed by atoms with Gasteiger partial charge < -0.3 is 4.74 Å². The maximum absolute atomic E-state index is 11.7. The summed E-state index contributed by atoms with van der Waals surface area (Å²) in [5.74, 6) is -0.300. The van der Waals surface area contributed by atoms with Gasteiger partial charge in [0.2, 0.25) is 0 Å². The zero-order valence-electron chi connectivity index (χ0n) is 11.9. The van der Waals surface area contributed by atoms with E-state index in [-0.39, 0.29) is 12.0 Å². The number of hydrogen-bond acceptors (Lipinski definition) is 4. The fourth-order valence-electron chi connectivity index (χ4n) is 1.85. The molecule has 0 N–H and O–H groups in total. The maximum Gasteiger partial charge on any atom is 0.335 e. The Kier molecular flexibility index (Phi) is 10.2. The molecule has 1 atom stereocenters. The first-order chi connectivity index (χ1) is 8.58. The van der Waals surface area contributed by atoms with E-state index in [1.165, 1.54) is 19.3 Å². The second kappa shape index (κ2) is 10.4. The highest BCUT2D eigenvalue weighted by Gasteiger charge is 2.23. The lowest BCUT2D eigenvalue weighted by atomic mass is 10.0. The van der Waals surface area contributed by atoms with Gasteiger partial charge >= 0.3 is 5.97 Å². The van der Waals surface area contributed by atoms with Gasteiger partial charge in [0.25, 0.3) is 0 Å². The molecule has 0 saturated heterocycles. The van der Waals surface area contributed by atoms with Crippen LogP contribution < -0.4 is 0 Å². The van der Waals surface area contributed by atoms with Crippen LogP contribution in [0.4, 0.5) is 0 Å². The van der Waals surface area contributed by atoms with Crippen molar-refractivity contribution in [3.8, 4) is 0 Å². The van der Waals surface area contributed by atoms with Gasteiger partial charge in [-0.25, -0.2) is 9.10 Å². The predicted molar refractivity (Wildman–Crippen MR) is 79.7 cm³/mol. The number of rotatable bonds is 10. The first-order valence-corrected chi connectivity index (χ1v) is 7.29. The highest BCUT2D eigenvalue weighted by Crippen LogP contribution is 2.19. The zero-order chi connectivity index (χ0) is 14.0. The van der Waals surface area contributed by atoms with Crippen molar-refractivity contribution in [2.45, 2.75) is 58.9 Å². The minimum absolute atomic E-state index is 0.0192. The second-order valence-electron chi connectivity index (χ2n) is 4.37. The van der Waals surface area contributed by atoms with Crippen molar-refractivity contribution in [1.29, 1.82) is 0 Å². The van der Waals surface area contributed by atoms with E-state index in [1.807, 2.05) is 11.2 Å². The molecule has 1 unspecified atom stereocenters. The van der Waals surface area contributed by atoms with Gasteiger partial charge in [-0.2, -0.15) is 0 Å². The molecule has 0 aromatic rings. The van der Waals surface area contributed by atoms with E-state index in [9.17, 15) is 4.79 Å². The van der Waals surface area contributed by atoms with Crippen LogP contribution in [-0.2, 0) is 9.53 Å². The van der Waals surface area contributed by atoms with Crippen molar-refractivity contribution in [3.63, 3.8) is 0 Å². The van der Waals surface area contributed by atoms with Gasteiger partial charge in [0.15, 0.2) is 0 Å². The molecule has 0 aliphatic rings. The second-order valence-corrected chi connectivity index (χ2v) is 4.88. The number of unbranched alkanes of at least 4 members (excludes halogenated alkanes) is 3. The van der Waals surface area contributed by atoms with Crippen molar-refractivity contribution in [3.05, 3.63) is 12.2 Å². The fraction of sp³-hybridized carbons (Fsp3) is 0.786. The lowest BCUT2D eigenvalue weighted by Gasteiger charge is -2.26. The molecule has 0 fully saturated rings. The summed E-state index contributed by atoms with van der Waals surface area (Å²) in [6, 6.07) is -0.0192. The summed E-state index contributed by atoms with van der Waals surface area (Å²) in [5, 5.41) is 0. The number of likely N-dealkylation sites (N-methyl/N-ethyl adjacent to an activating group) is 1. The van der Waals surface area contributed by atoms with Gasteiger partial charge in [0.05, 0.1) is 12.6 Å². The van der Waals surface area contributed by atoms with Crippen LogP contribution in [0, 0.1) is 0 Å². The Labute approximate surface area is 117 Å². The third-order valence-corrected chi connectivity index (χ3v) is 3.52.